The van der Waals surface area contributed by atoms with Gasteiger partial charge in [0, 0.05) is 47.8 Å². The second-order valence-electron chi connectivity index (χ2n) is 9.74. The van der Waals surface area contributed by atoms with Gasteiger partial charge in [0.25, 0.3) is 0 Å². The molecular weight excluding hydrogens is 460 g/mol. The molecule has 2 aliphatic rings. The Morgan fingerprint density at radius 2 is 2.00 bits per heavy atom. The molecule has 1 amide bonds. The maximum Gasteiger partial charge on any atom is 0.245 e. The van der Waals surface area contributed by atoms with Crippen LogP contribution in [-0.4, -0.2) is 57.5 Å². The molecule has 2 fully saturated rings. The van der Waals surface area contributed by atoms with Gasteiger partial charge in [-0.25, -0.2) is 9.97 Å². The number of fused-ring (bicyclic) bond motifs is 1. The highest BCUT2D eigenvalue weighted by molar-refractivity contribution is 6.33. The van der Waals surface area contributed by atoms with Crippen LogP contribution in [0.1, 0.15) is 38.5 Å². The number of carbonyl (C=O) groups excluding carboxylic acids is 1. The fourth-order valence-electron chi connectivity index (χ4n) is 5.41. The highest BCUT2D eigenvalue weighted by Gasteiger charge is 2.25. The minimum absolute atomic E-state index is 0.0542. The van der Waals surface area contributed by atoms with Gasteiger partial charge in [-0.15, -0.1) is 0 Å². The van der Waals surface area contributed by atoms with E-state index in [9.17, 15) is 4.79 Å². The number of carbonyl (C=O) groups is 1. The molecule has 2 aromatic heterocycles. The van der Waals surface area contributed by atoms with Gasteiger partial charge < -0.3 is 20.5 Å². The Kier molecular flexibility index (Phi) is 7.35. The topological polar surface area (TPSA) is 85.9 Å². The molecule has 7 nitrogen and oxygen atoms in total. The number of rotatable bonds is 7. The van der Waals surface area contributed by atoms with Crippen molar-refractivity contribution >= 4 is 34.4 Å². The molecule has 1 saturated carbocycles. The van der Waals surface area contributed by atoms with Crippen molar-refractivity contribution in [3.8, 4) is 11.3 Å². The van der Waals surface area contributed by atoms with Crippen LogP contribution in [0, 0.1) is 5.92 Å². The first kappa shape index (κ1) is 23.8. The molecule has 3 heterocycles. The first-order valence-electron chi connectivity index (χ1n) is 12.6. The van der Waals surface area contributed by atoms with E-state index in [4.69, 9.17) is 16.6 Å². The number of aromatic nitrogens is 3. The van der Waals surface area contributed by atoms with E-state index in [1.165, 1.54) is 12.5 Å². The van der Waals surface area contributed by atoms with Crippen molar-refractivity contribution in [2.24, 2.45) is 5.92 Å². The Labute approximate surface area is 211 Å². The summed E-state index contributed by atoms with van der Waals surface area (Å²) in [5, 5.41) is 8.94. The lowest BCUT2D eigenvalue weighted by Crippen LogP contribution is -2.45. The zero-order valence-corrected chi connectivity index (χ0v) is 20.7. The number of hydrogen-bond acceptors (Lipinski definition) is 5. The lowest BCUT2D eigenvalue weighted by molar-refractivity contribution is -0.127. The maximum absolute atomic E-state index is 11.9. The summed E-state index contributed by atoms with van der Waals surface area (Å²) in [4.78, 5) is 26.4. The van der Waals surface area contributed by atoms with Crippen LogP contribution in [0.3, 0.4) is 0 Å². The second-order valence-corrected chi connectivity index (χ2v) is 10.1. The smallest absolute Gasteiger partial charge is 0.245 e. The summed E-state index contributed by atoms with van der Waals surface area (Å²) >= 11 is 6.48. The predicted molar refractivity (Wildman–Crippen MR) is 142 cm³/mol. The highest BCUT2D eigenvalue weighted by atomic mass is 35.5. The number of hydrogen-bond donors (Lipinski definition) is 3. The molecule has 1 unspecified atom stereocenters. The molecule has 35 heavy (non-hydrogen) atoms. The lowest BCUT2D eigenvalue weighted by atomic mass is 9.90. The number of nitrogens with one attached hydrogen (secondary N) is 3. The van der Waals surface area contributed by atoms with E-state index in [1.807, 2.05) is 29.3 Å². The zero-order chi connectivity index (χ0) is 24.2. The summed E-state index contributed by atoms with van der Waals surface area (Å²) in [6.07, 6.45) is 11.7. The SMILES string of the molecule is C=CC(=O)N1CCCC(CN[C@H]2CC[C@H](Nc3ncc(Cl)c(-c4c[nH]c5ccccc45)n3)CC2)C1. The Morgan fingerprint density at radius 3 is 2.83 bits per heavy atom. The van der Waals surface area contributed by atoms with Crippen molar-refractivity contribution in [3.05, 3.63) is 54.3 Å². The summed E-state index contributed by atoms with van der Waals surface area (Å²) < 4.78 is 0. The van der Waals surface area contributed by atoms with Gasteiger partial charge in [-0.1, -0.05) is 36.4 Å². The number of likely N-dealkylation sites (tertiary alicyclic amines) is 1. The van der Waals surface area contributed by atoms with E-state index in [-0.39, 0.29) is 5.91 Å². The van der Waals surface area contributed by atoms with Crippen molar-refractivity contribution in [1.29, 1.82) is 0 Å². The van der Waals surface area contributed by atoms with Crippen LogP contribution in [-0.2, 0) is 4.79 Å². The van der Waals surface area contributed by atoms with Crippen LogP contribution < -0.4 is 10.6 Å². The third-order valence-corrected chi connectivity index (χ3v) is 7.63. The van der Waals surface area contributed by atoms with Crippen molar-refractivity contribution < 1.29 is 4.79 Å². The average molecular weight is 493 g/mol. The molecule has 5 rings (SSSR count). The third kappa shape index (κ3) is 5.52. The van der Waals surface area contributed by atoms with Crippen LogP contribution in [0.15, 0.2) is 49.3 Å². The van der Waals surface area contributed by atoms with Gasteiger partial charge in [0.1, 0.15) is 0 Å². The molecule has 1 aliphatic heterocycles. The van der Waals surface area contributed by atoms with E-state index in [2.05, 4.69) is 33.2 Å². The first-order chi connectivity index (χ1) is 17.1. The van der Waals surface area contributed by atoms with Gasteiger partial charge in [-0.05, 0) is 63.1 Å². The summed E-state index contributed by atoms with van der Waals surface area (Å²) in [5.74, 6) is 1.20. The summed E-state index contributed by atoms with van der Waals surface area (Å²) in [7, 11) is 0. The van der Waals surface area contributed by atoms with E-state index >= 15 is 0 Å². The van der Waals surface area contributed by atoms with Gasteiger partial charge >= 0.3 is 0 Å². The fraction of sp³-hybridized carbons (Fsp3) is 0.444. The number of para-hydroxylation sites is 1. The van der Waals surface area contributed by atoms with Gasteiger partial charge in [-0.3, -0.25) is 4.79 Å². The van der Waals surface area contributed by atoms with Gasteiger partial charge in [0.05, 0.1) is 16.9 Å². The summed E-state index contributed by atoms with van der Waals surface area (Å²) in [6.45, 7) is 6.28. The molecule has 0 bridgehead atoms. The number of anilines is 1. The van der Waals surface area contributed by atoms with Gasteiger partial charge in [0.15, 0.2) is 0 Å². The monoisotopic (exact) mass is 492 g/mol. The molecule has 3 aromatic rings. The Morgan fingerprint density at radius 1 is 1.20 bits per heavy atom. The molecule has 8 heteroatoms. The number of benzene rings is 1. The van der Waals surface area contributed by atoms with Crippen molar-refractivity contribution in [1.82, 2.24) is 25.2 Å². The number of nitrogens with zero attached hydrogens (tertiary/aromatic N) is 3. The van der Waals surface area contributed by atoms with Gasteiger partial charge in [-0.2, -0.15) is 0 Å². The van der Waals surface area contributed by atoms with Crippen molar-refractivity contribution in [3.63, 3.8) is 0 Å². The highest BCUT2D eigenvalue weighted by Crippen LogP contribution is 2.32. The second kappa shape index (κ2) is 10.8. The van der Waals surface area contributed by atoms with E-state index in [0.717, 1.165) is 73.9 Å². The van der Waals surface area contributed by atoms with Crippen LogP contribution in [0.25, 0.3) is 22.2 Å². The first-order valence-corrected chi connectivity index (χ1v) is 13.0. The van der Waals surface area contributed by atoms with Gasteiger partial charge in [0.2, 0.25) is 11.9 Å². The minimum Gasteiger partial charge on any atom is -0.360 e. The van der Waals surface area contributed by atoms with Crippen LogP contribution in [0.2, 0.25) is 5.02 Å². The zero-order valence-electron chi connectivity index (χ0n) is 20.0. The number of piperidine rings is 1. The third-order valence-electron chi connectivity index (χ3n) is 7.35. The molecule has 1 atom stereocenters. The molecule has 1 aliphatic carbocycles. The number of amides is 1. The van der Waals surface area contributed by atoms with E-state index < -0.39 is 0 Å². The van der Waals surface area contributed by atoms with Crippen LogP contribution in [0.4, 0.5) is 5.95 Å². The fourth-order valence-corrected chi connectivity index (χ4v) is 5.60. The lowest BCUT2D eigenvalue weighted by Gasteiger charge is -2.35. The van der Waals surface area contributed by atoms with E-state index in [1.54, 1.807) is 6.20 Å². The Hall–Kier alpha value is -2.90. The Balaban J connectivity index is 1.14. The maximum atomic E-state index is 11.9. The molecule has 0 spiro atoms. The van der Waals surface area contributed by atoms with Crippen molar-refractivity contribution in [2.75, 3.05) is 25.0 Å². The Bertz CT molecular complexity index is 1190. The van der Waals surface area contributed by atoms with Crippen molar-refractivity contribution in [2.45, 2.75) is 50.6 Å². The van der Waals surface area contributed by atoms with Crippen LogP contribution in [0.5, 0.6) is 0 Å². The molecular formula is C27H33ClN6O. The molecule has 1 saturated heterocycles. The minimum atomic E-state index is 0.0542. The molecule has 3 N–H and O–H groups in total. The molecule has 1 aromatic carbocycles. The number of aromatic amines is 1. The molecule has 0 radical (unpaired) electrons. The summed E-state index contributed by atoms with van der Waals surface area (Å²) in [5.41, 5.74) is 2.79. The number of H-pyrrole nitrogens is 1. The number of halogens is 1. The standard InChI is InChI=1S/C27H33ClN6O/c1-2-25(35)34-13-5-6-18(17-34)14-29-19-9-11-20(12-10-19)32-27-31-16-23(28)26(33-27)22-15-30-24-8-4-3-7-21(22)24/h2-4,7-8,15-16,18-20,29-30H,1,5-6,9-14,17H2,(H,31,32,33)/t18?,19-,20-. The van der Waals surface area contributed by atoms with E-state index in [0.29, 0.717) is 29.0 Å². The predicted octanol–water partition coefficient (Wildman–Crippen LogP) is 5.02. The largest absolute Gasteiger partial charge is 0.360 e. The normalized spacial score (nSPS) is 22.8. The molecule has 184 valence electrons. The summed E-state index contributed by atoms with van der Waals surface area (Å²) in [6, 6.07) is 9.02. The van der Waals surface area contributed by atoms with Crippen LogP contribution >= 0.6 is 11.6 Å². The average Bonchev–Trinajstić information content (AvgIpc) is 3.33. The quantitative estimate of drug-likeness (QED) is 0.403.